The number of anilines is 1. The Hall–Kier alpha value is -2.16. The van der Waals surface area contributed by atoms with Gasteiger partial charge in [-0.05, 0) is 29.0 Å². The number of fused-ring (bicyclic) bond motifs is 1. The van der Waals surface area contributed by atoms with E-state index in [0.29, 0.717) is 18.0 Å². The van der Waals surface area contributed by atoms with Crippen molar-refractivity contribution < 1.29 is 4.79 Å². The number of carbonyl (C=O) groups is 1. The van der Waals surface area contributed by atoms with Gasteiger partial charge in [0.15, 0.2) is 0 Å². The van der Waals surface area contributed by atoms with Crippen molar-refractivity contribution >= 4 is 27.9 Å². The molecule has 0 radical (unpaired) electrons. The molecule has 0 fully saturated rings. The highest BCUT2D eigenvalue weighted by Crippen LogP contribution is 2.33. The Morgan fingerprint density at radius 2 is 2.11 bits per heavy atom. The molecule has 3 nitrogen and oxygen atoms in total. The van der Waals surface area contributed by atoms with Gasteiger partial charge in [0.2, 0.25) is 0 Å². The lowest BCUT2D eigenvalue weighted by atomic mass is 9.85. The highest BCUT2D eigenvalue weighted by Gasteiger charge is 2.20. The van der Waals surface area contributed by atoms with Crippen molar-refractivity contribution in [3.63, 3.8) is 0 Å². The molecule has 0 bridgehead atoms. The van der Waals surface area contributed by atoms with Crippen molar-refractivity contribution in [2.24, 2.45) is 5.92 Å². The van der Waals surface area contributed by atoms with Crippen LogP contribution in [0.4, 0.5) is 5.82 Å². The van der Waals surface area contributed by atoms with E-state index in [0.717, 1.165) is 28.3 Å². The quantitative estimate of drug-likeness (QED) is 0.848. The van der Waals surface area contributed by atoms with Crippen LogP contribution >= 0.6 is 0 Å². The molecule has 0 saturated heterocycles. The second-order valence-corrected chi connectivity index (χ2v) is 5.11. The Kier molecular flexibility index (Phi) is 2.82. The van der Waals surface area contributed by atoms with Crippen LogP contribution < -0.4 is 5.73 Å². The average molecular weight is 252 g/mol. The summed E-state index contributed by atoms with van der Waals surface area (Å²) in [4.78, 5) is 16.0. The topological polar surface area (TPSA) is 56.0 Å². The summed E-state index contributed by atoms with van der Waals surface area (Å²) in [6.07, 6.45) is 5.24. The molecule has 96 valence electrons. The van der Waals surface area contributed by atoms with Crippen LogP contribution in [0.2, 0.25) is 0 Å². The van der Waals surface area contributed by atoms with Gasteiger partial charge in [-0.25, -0.2) is 4.98 Å². The Morgan fingerprint density at radius 1 is 1.26 bits per heavy atom. The maximum Gasteiger partial charge on any atom is 0.140 e. The third-order valence-corrected chi connectivity index (χ3v) is 3.81. The minimum atomic E-state index is 0.144. The number of pyridine rings is 1. The molecule has 0 saturated carbocycles. The largest absolute Gasteiger partial charge is 0.383 e. The van der Waals surface area contributed by atoms with Gasteiger partial charge in [-0.2, -0.15) is 0 Å². The molecule has 0 aliphatic heterocycles. The van der Waals surface area contributed by atoms with E-state index in [1.807, 2.05) is 25.1 Å². The van der Waals surface area contributed by atoms with E-state index in [1.165, 1.54) is 0 Å². The number of nitrogens with two attached hydrogens (primary N) is 1. The molecule has 0 amide bonds. The molecule has 1 unspecified atom stereocenters. The third kappa shape index (κ3) is 2.01. The summed E-state index contributed by atoms with van der Waals surface area (Å²) < 4.78 is 0. The van der Waals surface area contributed by atoms with Gasteiger partial charge < -0.3 is 5.73 Å². The predicted octanol–water partition coefficient (Wildman–Crippen LogP) is 3.20. The summed E-state index contributed by atoms with van der Waals surface area (Å²) in [5.74, 6) is 0.998. The van der Waals surface area contributed by atoms with Crippen LogP contribution in [-0.2, 0) is 4.79 Å². The number of ketones is 1. The number of carbonyl (C=O) groups excluding carboxylic acids is 1. The molecule has 1 heterocycles. The SMILES string of the molecule is CC1CC=C(c2cccc3c(N)nccc23)CC1=O. The third-order valence-electron chi connectivity index (χ3n) is 3.81. The molecule has 1 aromatic carbocycles. The Bertz CT molecular complexity index is 688. The highest BCUT2D eigenvalue weighted by molar-refractivity contribution is 6.03. The Balaban J connectivity index is 2.16. The summed E-state index contributed by atoms with van der Waals surface area (Å²) in [5, 5.41) is 2.02. The van der Waals surface area contributed by atoms with Crippen LogP contribution in [0, 0.1) is 5.92 Å². The molecular weight excluding hydrogens is 236 g/mol. The Morgan fingerprint density at radius 3 is 2.89 bits per heavy atom. The van der Waals surface area contributed by atoms with Crippen molar-refractivity contribution in [1.29, 1.82) is 0 Å². The number of nitrogens with zero attached hydrogens (tertiary/aromatic N) is 1. The first-order valence-corrected chi connectivity index (χ1v) is 6.52. The molecule has 2 N–H and O–H groups in total. The van der Waals surface area contributed by atoms with Crippen LogP contribution in [0.3, 0.4) is 0 Å². The fraction of sp³-hybridized carbons (Fsp3) is 0.250. The van der Waals surface area contributed by atoms with E-state index in [-0.39, 0.29) is 5.92 Å². The number of allylic oxidation sites excluding steroid dienone is 2. The first-order chi connectivity index (χ1) is 9.16. The molecule has 0 spiro atoms. The summed E-state index contributed by atoms with van der Waals surface area (Å²) in [5.41, 5.74) is 8.12. The van der Waals surface area contributed by atoms with Gasteiger partial charge in [0.25, 0.3) is 0 Å². The van der Waals surface area contributed by atoms with Gasteiger partial charge in [0.1, 0.15) is 11.6 Å². The smallest absolute Gasteiger partial charge is 0.140 e. The second-order valence-electron chi connectivity index (χ2n) is 5.11. The zero-order chi connectivity index (χ0) is 13.4. The molecular formula is C16H16N2O. The molecule has 1 aliphatic rings. The fourth-order valence-electron chi connectivity index (χ4n) is 2.60. The van der Waals surface area contributed by atoms with E-state index in [1.54, 1.807) is 6.20 Å². The van der Waals surface area contributed by atoms with Crippen LogP contribution in [0.1, 0.15) is 25.3 Å². The van der Waals surface area contributed by atoms with Crippen LogP contribution in [-0.4, -0.2) is 10.8 Å². The van der Waals surface area contributed by atoms with Crippen molar-refractivity contribution in [3.05, 3.63) is 42.1 Å². The molecule has 3 heteroatoms. The number of hydrogen-bond donors (Lipinski definition) is 1. The molecule has 2 aromatic rings. The minimum Gasteiger partial charge on any atom is -0.383 e. The maximum atomic E-state index is 11.9. The van der Waals surface area contributed by atoms with Gasteiger partial charge in [-0.1, -0.05) is 31.2 Å². The number of hydrogen-bond acceptors (Lipinski definition) is 3. The molecule has 1 atom stereocenters. The first-order valence-electron chi connectivity index (χ1n) is 6.52. The Labute approximate surface area is 112 Å². The van der Waals surface area contributed by atoms with E-state index in [4.69, 9.17) is 5.73 Å². The number of aromatic nitrogens is 1. The highest BCUT2D eigenvalue weighted by atomic mass is 16.1. The fourth-order valence-corrected chi connectivity index (χ4v) is 2.60. The molecule has 19 heavy (non-hydrogen) atoms. The van der Waals surface area contributed by atoms with E-state index in [9.17, 15) is 4.79 Å². The van der Waals surface area contributed by atoms with E-state index >= 15 is 0 Å². The summed E-state index contributed by atoms with van der Waals surface area (Å²) in [7, 11) is 0. The van der Waals surface area contributed by atoms with Crippen LogP contribution in [0.5, 0.6) is 0 Å². The van der Waals surface area contributed by atoms with Gasteiger partial charge in [0.05, 0.1) is 0 Å². The van der Waals surface area contributed by atoms with Crippen molar-refractivity contribution in [3.8, 4) is 0 Å². The predicted molar refractivity (Wildman–Crippen MR) is 77.5 cm³/mol. The normalized spacial score (nSPS) is 19.5. The zero-order valence-corrected chi connectivity index (χ0v) is 10.9. The second kappa shape index (κ2) is 4.50. The van der Waals surface area contributed by atoms with E-state index < -0.39 is 0 Å². The molecule has 3 rings (SSSR count). The van der Waals surface area contributed by atoms with Gasteiger partial charge in [-0.15, -0.1) is 0 Å². The van der Waals surface area contributed by atoms with Gasteiger partial charge in [-0.3, -0.25) is 4.79 Å². The van der Waals surface area contributed by atoms with Gasteiger partial charge in [0, 0.05) is 23.9 Å². The number of rotatable bonds is 1. The van der Waals surface area contributed by atoms with Crippen molar-refractivity contribution in [2.45, 2.75) is 19.8 Å². The summed E-state index contributed by atoms with van der Waals surface area (Å²) >= 11 is 0. The summed E-state index contributed by atoms with van der Waals surface area (Å²) in [6.45, 7) is 1.99. The van der Waals surface area contributed by atoms with Crippen LogP contribution in [0.15, 0.2) is 36.5 Å². The van der Waals surface area contributed by atoms with Crippen molar-refractivity contribution in [1.82, 2.24) is 4.98 Å². The average Bonchev–Trinajstić information content (AvgIpc) is 2.42. The number of benzene rings is 1. The lowest BCUT2D eigenvalue weighted by Crippen LogP contribution is -2.15. The molecule has 1 aromatic heterocycles. The number of nitrogen functional groups attached to an aromatic ring is 1. The zero-order valence-electron chi connectivity index (χ0n) is 10.9. The summed E-state index contributed by atoms with van der Waals surface area (Å²) in [6, 6.07) is 7.95. The molecule has 1 aliphatic carbocycles. The minimum absolute atomic E-state index is 0.144. The van der Waals surface area contributed by atoms with Crippen molar-refractivity contribution in [2.75, 3.05) is 5.73 Å². The standard InChI is InChI=1S/C16H16N2O/c1-10-5-6-11(9-15(10)19)12-3-2-4-14-13(12)7-8-18-16(14)17/h2-4,6-8,10H,5,9H2,1H3,(H2,17,18). The lowest BCUT2D eigenvalue weighted by molar-refractivity contribution is -0.121. The van der Waals surface area contributed by atoms with Crippen LogP contribution in [0.25, 0.3) is 16.3 Å². The first kappa shape index (κ1) is 11.9. The van der Waals surface area contributed by atoms with Gasteiger partial charge >= 0.3 is 0 Å². The van der Waals surface area contributed by atoms with E-state index in [2.05, 4.69) is 17.1 Å². The maximum absolute atomic E-state index is 11.9. The number of Topliss-reactive ketones (excluding diaryl/α,β-unsaturated/α-hetero) is 1. The lowest BCUT2D eigenvalue weighted by Gasteiger charge is -2.19. The monoisotopic (exact) mass is 252 g/mol.